The van der Waals surface area contributed by atoms with Crippen LogP contribution in [0, 0.1) is 6.92 Å². The van der Waals surface area contributed by atoms with Gasteiger partial charge < -0.3 is 10.2 Å². The zero-order valence-electron chi connectivity index (χ0n) is 12.8. The second-order valence-corrected chi connectivity index (χ2v) is 5.44. The number of amides is 2. The Morgan fingerprint density at radius 2 is 2.24 bits per heavy atom. The van der Waals surface area contributed by atoms with Gasteiger partial charge in [-0.3, -0.25) is 14.6 Å². The number of rotatable bonds is 4. The van der Waals surface area contributed by atoms with Gasteiger partial charge in [0.2, 0.25) is 11.8 Å². The number of aryl methyl sites for hydroxylation is 1. The summed E-state index contributed by atoms with van der Waals surface area (Å²) in [6.45, 7) is 4.91. The largest absolute Gasteiger partial charge is 0.349 e. The van der Waals surface area contributed by atoms with Gasteiger partial charge in [-0.1, -0.05) is 13.0 Å². The van der Waals surface area contributed by atoms with Crippen LogP contribution in [0.4, 0.5) is 0 Å². The first kappa shape index (κ1) is 15.5. The maximum absolute atomic E-state index is 12.4. The molecule has 114 valence electrons. The first-order valence-corrected chi connectivity index (χ1v) is 7.61. The number of piperidine rings is 1. The monoisotopic (exact) mass is 289 g/mol. The highest BCUT2D eigenvalue weighted by atomic mass is 16.2. The van der Waals surface area contributed by atoms with Crippen molar-refractivity contribution in [2.45, 2.75) is 52.1 Å². The average Bonchev–Trinajstić information content (AvgIpc) is 2.53. The lowest BCUT2D eigenvalue weighted by Gasteiger charge is -2.34. The molecule has 5 heteroatoms. The van der Waals surface area contributed by atoms with E-state index in [1.807, 2.05) is 26.0 Å². The quantitative estimate of drug-likeness (QED) is 0.919. The van der Waals surface area contributed by atoms with E-state index >= 15 is 0 Å². The summed E-state index contributed by atoms with van der Waals surface area (Å²) in [7, 11) is 0. The summed E-state index contributed by atoms with van der Waals surface area (Å²) >= 11 is 0. The summed E-state index contributed by atoms with van der Waals surface area (Å²) in [5.41, 5.74) is 1.93. The molecule has 1 aromatic heterocycles. The average molecular weight is 289 g/mol. The van der Waals surface area contributed by atoms with Crippen molar-refractivity contribution in [3.8, 4) is 0 Å². The van der Waals surface area contributed by atoms with Crippen LogP contribution in [0.5, 0.6) is 0 Å². The Bertz CT molecular complexity index is 516. The van der Waals surface area contributed by atoms with Gasteiger partial charge in [-0.2, -0.15) is 0 Å². The van der Waals surface area contributed by atoms with E-state index in [-0.39, 0.29) is 17.9 Å². The molecule has 0 spiro atoms. The molecule has 0 bridgehead atoms. The van der Waals surface area contributed by atoms with Gasteiger partial charge in [-0.25, -0.2) is 0 Å². The van der Waals surface area contributed by atoms with Crippen molar-refractivity contribution in [2.75, 3.05) is 6.54 Å². The first-order chi connectivity index (χ1) is 10.1. The highest BCUT2D eigenvalue weighted by molar-refractivity contribution is 5.87. The van der Waals surface area contributed by atoms with Crippen molar-refractivity contribution < 1.29 is 9.59 Å². The van der Waals surface area contributed by atoms with Crippen molar-refractivity contribution in [1.29, 1.82) is 0 Å². The van der Waals surface area contributed by atoms with Gasteiger partial charge >= 0.3 is 0 Å². The summed E-state index contributed by atoms with van der Waals surface area (Å²) in [5.74, 6) is -0.00887. The summed E-state index contributed by atoms with van der Waals surface area (Å²) in [4.78, 5) is 30.3. The summed E-state index contributed by atoms with van der Waals surface area (Å²) in [5, 5.41) is 2.92. The molecular weight excluding hydrogens is 266 g/mol. The zero-order chi connectivity index (χ0) is 15.2. The molecule has 1 fully saturated rings. The molecule has 0 aromatic carbocycles. The van der Waals surface area contributed by atoms with E-state index in [4.69, 9.17) is 0 Å². The van der Waals surface area contributed by atoms with E-state index in [9.17, 15) is 9.59 Å². The minimum absolute atomic E-state index is 0.0591. The number of carbonyl (C=O) groups is 2. The van der Waals surface area contributed by atoms with Crippen LogP contribution in [0.3, 0.4) is 0 Å². The lowest BCUT2D eigenvalue weighted by molar-refractivity contribution is -0.142. The fourth-order valence-electron chi connectivity index (χ4n) is 2.70. The SMILES string of the molecule is CCC(=O)N1CCCCC1C(=O)NCc1ncccc1C. The van der Waals surface area contributed by atoms with Crippen LogP contribution >= 0.6 is 0 Å². The van der Waals surface area contributed by atoms with Crippen molar-refractivity contribution in [3.63, 3.8) is 0 Å². The number of nitrogens with zero attached hydrogens (tertiary/aromatic N) is 2. The van der Waals surface area contributed by atoms with Crippen molar-refractivity contribution in [1.82, 2.24) is 15.2 Å². The van der Waals surface area contributed by atoms with Gasteiger partial charge in [0.25, 0.3) is 0 Å². The van der Waals surface area contributed by atoms with E-state index in [1.54, 1.807) is 11.1 Å². The van der Waals surface area contributed by atoms with Crippen LogP contribution in [0.25, 0.3) is 0 Å². The van der Waals surface area contributed by atoms with Gasteiger partial charge in [0.15, 0.2) is 0 Å². The number of hydrogen-bond acceptors (Lipinski definition) is 3. The van der Waals surface area contributed by atoms with Gasteiger partial charge in [-0.05, 0) is 37.8 Å². The van der Waals surface area contributed by atoms with E-state index in [1.165, 1.54) is 0 Å². The summed E-state index contributed by atoms with van der Waals surface area (Å²) in [6, 6.07) is 3.53. The molecule has 1 aromatic rings. The van der Waals surface area contributed by atoms with Crippen LogP contribution in [0.1, 0.15) is 43.9 Å². The first-order valence-electron chi connectivity index (χ1n) is 7.61. The molecule has 21 heavy (non-hydrogen) atoms. The molecule has 2 heterocycles. The topological polar surface area (TPSA) is 62.3 Å². The predicted molar refractivity (Wildman–Crippen MR) is 80.5 cm³/mol. The Morgan fingerprint density at radius 1 is 1.43 bits per heavy atom. The lowest BCUT2D eigenvalue weighted by Crippen LogP contribution is -2.51. The van der Waals surface area contributed by atoms with Gasteiger partial charge in [-0.15, -0.1) is 0 Å². The molecule has 1 aliphatic heterocycles. The Morgan fingerprint density at radius 3 is 2.95 bits per heavy atom. The van der Waals surface area contributed by atoms with Crippen LogP contribution in [-0.2, 0) is 16.1 Å². The standard InChI is InChI=1S/C16H23N3O2/c1-3-15(20)19-10-5-4-8-14(19)16(21)18-11-13-12(2)7-6-9-17-13/h6-7,9,14H,3-5,8,10-11H2,1-2H3,(H,18,21). The maximum Gasteiger partial charge on any atom is 0.243 e. The van der Waals surface area contributed by atoms with Crippen LogP contribution in [0.2, 0.25) is 0 Å². The Labute approximate surface area is 125 Å². The van der Waals surface area contributed by atoms with Gasteiger partial charge in [0.1, 0.15) is 6.04 Å². The van der Waals surface area contributed by atoms with Gasteiger partial charge in [0.05, 0.1) is 12.2 Å². The number of nitrogens with one attached hydrogen (secondary N) is 1. The fraction of sp³-hybridized carbons (Fsp3) is 0.562. The third kappa shape index (κ3) is 3.80. The molecule has 0 saturated carbocycles. The van der Waals surface area contributed by atoms with Crippen LogP contribution < -0.4 is 5.32 Å². The normalized spacial score (nSPS) is 18.4. The molecule has 0 aliphatic carbocycles. The molecule has 5 nitrogen and oxygen atoms in total. The lowest BCUT2D eigenvalue weighted by atomic mass is 10.0. The highest BCUT2D eigenvalue weighted by Crippen LogP contribution is 2.18. The van der Waals surface area contributed by atoms with E-state index in [0.717, 1.165) is 30.5 Å². The number of aromatic nitrogens is 1. The molecule has 2 rings (SSSR count). The number of likely N-dealkylation sites (tertiary alicyclic amines) is 1. The Kier molecular flexibility index (Phi) is 5.31. The molecular formula is C16H23N3O2. The van der Waals surface area contributed by atoms with Crippen LogP contribution in [-0.4, -0.2) is 34.3 Å². The smallest absolute Gasteiger partial charge is 0.243 e. The van der Waals surface area contributed by atoms with Gasteiger partial charge in [0, 0.05) is 19.2 Å². The van der Waals surface area contributed by atoms with Crippen molar-refractivity contribution in [3.05, 3.63) is 29.6 Å². The molecule has 1 saturated heterocycles. The summed E-state index contributed by atoms with van der Waals surface area (Å²) < 4.78 is 0. The molecule has 2 amide bonds. The van der Waals surface area contributed by atoms with Crippen LogP contribution in [0.15, 0.2) is 18.3 Å². The highest BCUT2D eigenvalue weighted by Gasteiger charge is 2.31. The number of carbonyl (C=O) groups excluding carboxylic acids is 2. The second kappa shape index (κ2) is 7.20. The van der Waals surface area contributed by atoms with Crippen molar-refractivity contribution >= 4 is 11.8 Å². The number of hydrogen-bond donors (Lipinski definition) is 1. The molecule has 1 atom stereocenters. The molecule has 1 aliphatic rings. The van der Waals surface area contributed by atoms with E-state index in [0.29, 0.717) is 19.5 Å². The molecule has 1 unspecified atom stereocenters. The summed E-state index contributed by atoms with van der Waals surface area (Å²) in [6.07, 6.45) is 4.90. The zero-order valence-corrected chi connectivity index (χ0v) is 12.8. The third-order valence-corrected chi connectivity index (χ3v) is 3.98. The second-order valence-electron chi connectivity index (χ2n) is 5.44. The maximum atomic E-state index is 12.4. The number of pyridine rings is 1. The molecule has 1 N–H and O–H groups in total. The van der Waals surface area contributed by atoms with E-state index < -0.39 is 0 Å². The third-order valence-electron chi connectivity index (χ3n) is 3.98. The minimum atomic E-state index is -0.324. The predicted octanol–water partition coefficient (Wildman–Crippen LogP) is 1.80. The van der Waals surface area contributed by atoms with E-state index in [2.05, 4.69) is 10.3 Å². The Hall–Kier alpha value is -1.91. The Balaban J connectivity index is 1.98. The van der Waals surface area contributed by atoms with Crippen molar-refractivity contribution in [2.24, 2.45) is 0 Å². The molecule has 0 radical (unpaired) electrons. The fourth-order valence-corrected chi connectivity index (χ4v) is 2.70. The minimum Gasteiger partial charge on any atom is -0.349 e.